The molecule has 8 heteroatoms. The van der Waals surface area contributed by atoms with Crippen molar-refractivity contribution >= 4 is 16.7 Å². The lowest BCUT2D eigenvalue weighted by molar-refractivity contribution is 0.246. The number of piperazine rings is 1. The average molecular weight is 462 g/mol. The molecule has 1 aromatic heterocycles. The van der Waals surface area contributed by atoms with Crippen molar-refractivity contribution in [1.82, 2.24) is 4.90 Å². The SMILES string of the molecule is O=c1cc(-c2ccc(O)cc2)oc2c(CN3CCN(c4ccc(F)cc4)CC3)c(O)cc(O)c12. The van der Waals surface area contributed by atoms with E-state index >= 15 is 0 Å². The highest BCUT2D eigenvalue weighted by atomic mass is 19.1. The molecule has 0 bridgehead atoms. The third-order valence-electron chi connectivity index (χ3n) is 6.16. The summed E-state index contributed by atoms with van der Waals surface area (Å²) in [6.07, 6.45) is 0. The number of fused-ring (bicyclic) bond motifs is 1. The molecule has 0 aliphatic carbocycles. The van der Waals surface area contributed by atoms with Gasteiger partial charge in [0.05, 0.1) is 5.56 Å². The van der Waals surface area contributed by atoms with Crippen LogP contribution in [0.5, 0.6) is 17.2 Å². The van der Waals surface area contributed by atoms with Gasteiger partial charge in [0.2, 0.25) is 0 Å². The van der Waals surface area contributed by atoms with Gasteiger partial charge in [-0.25, -0.2) is 4.39 Å². The number of anilines is 1. The minimum Gasteiger partial charge on any atom is -0.508 e. The second kappa shape index (κ2) is 8.72. The van der Waals surface area contributed by atoms with Crippen LogP contribution in [0.2, 0.25) is 0 Å². The first-order chi connectivity index (χ1) is 16.4. The van der Waals surface area contributed by atoms with Gasteiger partial charge in [-0.05, 0) is 48.5 Å². The number of phenolic OH excluding ortho intramolecular Hbond substituents is 3. The fourth-order valence-corrected chi connectivity index (χ4v) is 4.31. The maximum absolute atomic E-state index is 13.2. The Morgan fingerprint density at radius 1 is 0.853 bits per heavy atom. The Morgan fingerprint density at radius 3 is 2.21 bits per heavy atom. The van der Waals surface area contributed by atoms with Crippen LogP contribution in [0.4, 0.5) is 10.1 Å². The maximum atomic E-state index is 13.2. The number of aromatic hydroxyl groups is 3. The van der Waals surface area contributed by atoms with Crippen molar-refractivity contribution in [3.8, 4) is 28.6 Å². The summed E-state index contributed by atoms with van der Waals surface area (Å²) in [4.78, 5) is 17.1. The first-order valence-electron chi connectivity index (χ1n) is 10.9. The molecule has 1 saturated heterocycles. The van der Waals surface area contributed by atoms with E-state index in [1.54, 1.807) is 24.3 Å². The molecule has 1 aliphatic rings. The minimum absolute atomic E-state index is 0.0141. The zero-order chi connectivity index (χ0) is 23.8. The highest BCUT2D eigenvalue weighted by Gasteiger charge is 2.23. The van der Waals surface area contributed by atoms with Crippen LogP contribution in [0.15, 0.2) is 69.9 Å². The molecule has 3 aromatic carbocycles. The van der Waals surface area contributed by atoms with E-state index in [2.05, 4.69) is 9.80 Å². The number of benzene rings is 3. The standard InChI is InChI=1S/C26H23FN2O5/c27-17-3-5-18(6-4-17)29-11-9-28(10-12-29)15-20-21(31)13-22(32)25-23(33)14-24(34-26(20)25)16-1-7-19(30)8-2-16/h1-8,13-14,30-32H,9-12,15H2. The zero-order valence-corrected chi connectivity index (χ0v) is 18.2. The van der Waals surface area contributed by atoms with E-state index in [4.69, 9.17) is 4.42 Å². The van der Waals surface area contributed by atoms with Crippen molar-refractivity contribution in [2.24, 2.45) is 0 Å². The maximum Gasteiger partial charge on any atom is 0.197 e. The van der Waals surface area contributed by atoms with Crippen LogP contribution in [0, 0.1) is 5.82 Å². The molecule has 174 valence electrons. The van der Waals surface area contributed by atoms with Gasteiger partial charge >= 0.3 is 0 Å². The number of hydrogen-bond acceptors (Lipinski definition) is 7. The summed E-state index contributed by atoms with van der Waals surface area (Å²) in [5.74, 6) is -0.418. The van der Waals surface area contributed by atoms with E-state index < -0.39 is 5.43 Å². The van der Waals surface area contributed by atoms with Crippen molar-refractivity contribution in [1.29, 1.82) is 0 Å². The van der Waals surface area contributed by atoms with Crippen LogP contribution in [-0.2, 0) is 6.54 Å². The lowest BCUT2D eigenvalue weighted by atomic mass is 10.1. The van der Waals surface area contributed by atoms with Crippen molar-refractivity contribution in [3.05, 3.63) is 82.3 Å². The van der Waals surface area contributed by atoms with Gasteiger partial charge in [0.15, 0.2) is 11.0 Å². The van der Waals surface area contributed by atoms with Crippen LogP contribution >= 0.6 is 0 Å². The fraction of sp³-hybridized carbons (Fsp3) is 0.192. The van der Waals surface area contributed by atoms with Crippen LogP contribution in [0.3, 0.4) is 0 Å². The topological polar surface area (TPSA) is 97.4 Å². The number of hydrogen-bond donors (Lipinski definition) is 3. The molecule has 0 radical (unpaired) electrons. The molecule has 1 fully saturated rings. The Bertz CT molecular complexity index is 1390. The lowest BCUT2D eigenvalue weighted by Gasteiger charge is -2.36. The highest BCUT2D eigenvalue weighted by Crippen LogP contribution is 2.36. The van der Waals surface area contributed by atoms with Crippen molar-refractivity contribution in [2.75, 3.05) is 31.1 Å². The molecule has 0 atom stereocenters. The third kappa shape index (κ3) is 4.15. The van der Waals surface area contributed by atoms with Gasteiger partial charge < -0.3 is 24.6 Å². The smallest absolute Gasteiger partial charge is 0.197 e. The summed E-state index contributed by atoms with van der Waals surface area (Å²) < 4.78 is 19.3. The number of nitrogens with zero attached hydrogens (tertiary/aromatic N) is 2. The van der Waals surface area contributed by atoms with Gasteiger partial charge in [0.25, 0.3) is 0 Å². The van der Waals surface area contributed by atoms with Crippen molar-refractivity contribution in [3.63, 3.8) is 0 Å². The van der Waals surface area contributed by atoms with Crippen molar-refractivity contribution < 1.29 is 24.1 Å². The molecule has 4 aromatic rings. The quantitative estimate of drug-likeness (QED) is 0.421. The van der Waals surface area contributed by atoms with E-state index in [0.717, 1.165) is 5.69 Å². The van der Waals surface area contributed by atoms with Gasteiger partial charge in [-0.15, -0.1) is 0 Å². The van der Waals surface area contributed by atoms with Gasteiger partial charge in [0.1, 0.15) is 34.2 Å². The number of halogens is 1. The Balaban J connectivity index is 1.45. The number of phenols is 3. The van der Waals surface area contributed by atoms with E-state index in [-0.39, 0.29) is 39.8 Å². The van der Waals surface area contributed by atoms with Crippen LogP contribution < -0.4 is 10.3 Å². The highest BCUT2D eigenvalue weighted by molar-refractivity contribution is 5.89. The first-order valence-corrected chi connectivity index (χ1v) is 10.9. The fourth-order valence-electron chi connectivity index (χ4n) is 4.31. The third-order valence-corrected chi connectivity index (χ3v) is 6.16. The Labute approximate surface area is 194 Å². The minimum atomic E-state index is -0.427. The Hall–Kier alpha value is -4.04. The first kappa shape index (κ1) is 21.8. The molecule has 0 saturated carbocycles. The van der Waals surface area contributed by atoms with Crippen LogP contribution in [-0.4, -0.2) is 46.4 Å². The molecule has 0 unspecified atom stereocenters. The molecule has 2 heterocycles. The zero-order valence-electron chi connectivity index (χ0n) is 18.2. The lowest BCUT2D eigenvalue weighted by Crippen LogP contribution is -2.46. The molecule has 0 amide bonds. The molecule has 34 heavy (non-hydrogen) atoms. The van der Waals surface area contributed by atoms with E-state index in [1.165, 1.54) is 36.4 Å². The molecular formula is C26H23FN2O5. The Kier molecular flexibility index (Phi) is 5.59. The summed E-state index contributed by atoms with van der Waals surface area (Å²) in [5.41, 5.74) is 1.65. The second-order valence-electron chi connectivity index (χ2n) is 8.36. The molecule has 5 rings (SSSR count). The molecular weight excluding hydrogens is 439 g/mol. The van der Waals surface area contributed by atoms with Gasteiger partial charge in [0, 0.05) is 56.1 Å². The summed E-state index contributed by atoms with van der Waals surface area (Å²) in [6, 6.07) is 15.1. The summed E-state index contributed by atoms with van der Waals surface area (Å²) >= 11 is 0. The van der Waals surface area contributed by atoms with Gasteiger partial charge in [-0.2, -0.15) is 0 Å². The molecule has 3 N–H and O–H groups in total. The Morgan fingerprint density at radius 2 is 1.53 bits per heavy atom. The van der Waals surface area contributed by atoms with Crippen LogP contribution in [0.25, 0.3) is 22.3 Å². The van der Waals surface area contributed by atoms with E-state index in [0.29, 0.717) is 43.9 Å². The predicted molar refractivity (Wildman–Crippen MR) is 127 cm³/mol. The van der Waals surface area contributed by atoms with Gasteiger partial charge in [-0.1, -0.05) is 0 Å². The van der Waals surface area contributed by atoms with E-state index in [9.17, 15) is 24.5 Å². The number of rotatable bonds is 4. The molecule has 0 spiro atoms. The van der Waals surface area contributed by atoms with Gasteiger partial charge in [-0.3, -0.25) is 9.69 Å². The molecule has 7 nitrogen and oxygen atoms in total. The van der Waals surface area contributed by atoms with E-state index in [1.807, 2.05) is 0 Å². The predicted octanol–water partition coefficient (Wildman–Crippen LogP) is 4.04. The molecule has 1 aliphatic heterocycles. The summed E-state index contributed by atoms with van der Waals surface area (Å²) in [5, 5.41) is 30.5. The summed E-state index contributed by atoms with van der Waals surface area (Å²) in [6.45, 7) is 3.11. The summed E-state index contributed by atoms with van der Waals surface area (Å²) in [7, 11) is 0. The average Bonchev–Trinajstić information content (AvgIpc) is 2.82. The van der Waals surface area contributed by atoms with Crippen molar-refractivity contribution in [2.45, 2.75) is 6.54 Å². The normalized spacial score (nSPS) is 14.6. The second-order valence-corrected chi connectivity index (χ2v) is 8.36. The largest absolute Gasteiger partial charge is 0.508 e. The monoisotopic (exact) mass is 462 g/mol. The van der Waals surface area contributed by atoms with Crippen LogP contribution in [0.1, 0.15) is 5.56 Å².